The topological polar surface area (TPSA) is 76.2 Å². The van der Waals surface area contributed by atoms with Gasteiger partial charge in [0.25, 0.3) is 0 Å². The van der Waals surface area contributed by atoms with Crippen molar-refractivity contribution in [1.29, 1.82) is 0 Å². The second-order valence-electron chi connectivity index (χ2n) is 5.52. The van der Waals surface area contributed by atoms with Crippen molar-refractivity contribution in [3.8, 4) is 0 Å². The second kappa shape index (κ2) is 6.51. The number of nitro groups is 1. The van der Waals surface area contributed by atoms with Gasteiger partial charge in [-0.05, 0) is 36.3 Å². The Bertz CT molecular complexity index is 418. The van der Waals surface area contributed by atoms with Gasteiger partial charge in [-0.3, -0.25) is 4.57 Å². The fourth-order valence-electron chi connectivity index (χ4n) is 2.10. The molecule has 0 amide bonds. The highest BCUT2D eigenvalue weighted by atomic mass is 16.6. The van der Waals surface area contributed by atoms with Crippen molar-refractivity contribution in [3.63, 3.8) is 0 Å². The monoisotopic (exact) mass is 269 g/mol. The van der Waals surface area contributed by atoms with Crippen LogP contribution in [0, 0.1) is 16.0 Å². The van der Waals surface area contributed by atoms with Crippen molar-refractivity contribution in [3.05, 3.63) is 16.4 Å². The fourth-order valence-corrected chi connectivity index (χ4v) is 2.10. The third-order valence-corrected chi connectivity index (χ3v) is 2.77. The lowest BCUT2D eigenvalue weighted by Gasteiger charge is -2.24. The van der Waals surface area contributed by atoms with Crippen molar-refractivity contribution in [2.45, 2.75) is 26.3 Å². The Morgan fingerprint density at radius 3 is 2.63 bits per heavy atom. The van der Waals surface area contributed by atoms with Crippen LogP contribution in [-0.4, -0.2) is 46.1 Å². The third kappa shape index (κ3) is 4.51. The predicted octanol–water partition coefficient (Wildman–Crippen LogP) is 1.72. The average molecular weight is 269 g/mol. The summed E-state index contributed by atoms with van der Waals surface area (Å²) < 4.78 is 1.65. The maximum absolute atomic E-state index is 10.9. The molecule has 0 aliphatic rings. The molecule has 7 heteroatoms. The van der Waals surface area contributed by atoms with E-state index < -0.39 is 4.92 Å². The van der Waals surface area contributed by atoms with Gasteiger partial charge < -0.3 is 20.3 Å². The summed E-state index contributed by atoms with van der Waals surface area (Å²) >= 11 is 0. The first-order valence-corrected chi connectivity index (χ1v) is 6.38. The number of hydrogen-bond acceptors (Lipinski definition) is 5. The van der Waals surface area contributed by atoms with Gasteiger partial charge >= 0.3 is 5.82 Å². The minimum absolute atomic E-state index is 0.116. The van der Waals surface area contributed by atoms with Crippen molar-refractivity contribution in [2.24, 2.45) is 13.0 Å². The molecule has 0 spiro atoms. The number of likely N-dealkylation sites (N-methyl/N-ethyl adjacent to an activating group) is 1. The van der Waals surface area contributed by atoms with Gasteiger partial charge in [0.15, 0.2) is 0 Å². The van der Waals surface area contributed by atoms with Crippen molar-refractivity contribution in [1.82, 2.24) is 14.5 Å². The van der Waals surface area contributed by atoms with Gasteiger partial charge in [0.2, 0.25) is 12.1 Å². The molecule has 1 aromatic rings. The van der Waals surface area contributed by atoms with E-state index in [0.717, 1.165) is 13.0 Å². The number of aromatic nitrogens is 2. The van der Waals surface area contributed by atoms with E-state index in [1.807, 2.05) is 14.1 Å². The number of nitrogens with zero attached hydrogens (tertiary/aromatic N) is 4. The lowest BCUT2D eigenvalue weighted by atomic mass is 10.0. The Labute approximate surface area is 113 Å². The summed E-state index contributed by atoms with van der Waals surface area (Å²) in [5.41, 5.74) is 0. The molecule has 1 unspecified atom stereocenters. The number of rotatable bonds is 7. The molecule has 0 aromatic carbocycles. The summed E-state index contributed by atoms with van der Waals surface area (Å²) in [5.74, 6) is 0.872. The number of hydrogen-bond donors (Lipinski definition) is 1. The Balaban J connectivity index is 2.88. The van der Waals surface area contributed by atoms with Crippen molar-refractivity contribution >= 4 is 11.6 Å². The van der Waals surface area contributed by atoms with E-state index in [4.69, 9.17) is 0 Å². The van der Waals surface area contributed by atoms with Crippen molar-refractivity contribution in [2.75, 3.05) is 26.0 Å². The number of nitrogens with one attached hydrogen (secondary N) is 1. The van der Waals surface area contributed by atoms with Crippen LogP contribution in [0.3, 0.4) is 0 Å². The highest BCUT2D eigenvalue weighted by Crippen LogP contribution is 2.23. The lowest BCUT2D eigenvalue weighted by molar-refractivity contribution is -0.388. The quantitative estimate of drug-likeness (QED) is 0.602. The molecule has 0 radical (unpaired) electrons. The first kappa shape index (κ1) is 15.4. The maximum Gasteiger partial charge on any atom is 0.406 e. The molecule has 0 aliphatic heterocycles. The number of aryl methyl sites for hydroxylation is 1. The zero-order valence-corrected chi connectivity index (χ0v) is 12.3. The van der Waals surface area contributed by atoms with E-state index in [1.165, 1.54) is 6.33 Å². The molecule has 7 nitrogen and oxygen atoms in total. The number of anilines is 1. The van der Waals surface area contributed by atoms with Gasteiger partial charge in [0, 0.05) is 19.6 Å². The molecule has 19 heavy (non-hydrogen) atoms. The Kier molecular flexibility index (Phi) is 5.29. The smallest absolute Gasteiger partial charge is 0.360 e. The first-order chi connectivity index (χ1) is 8.81. The lowest BCUT2D eigenvalue weighted by Crippen LogP contribution is -2.34. The zero-order valence-electron chi connectivity index (χ0n) is 12.3. The second-order valence-corrected chi connectivity index (χ2v) is 5.52. The fraction of sp³-hybridized carbons (Fsp3) is 0.750. The molecule has 1 rings (SSSR count). The SMILES string of the molecule is CC(C)CC(CN(C)C)Nc1c([N+](=O)[O-])ncn1C. The Morgan fingerprint density at radius 1 is 1.53 bits per heavy atom. The van der Waals surface area contributed by atoms with Gasteiger partial charge in [-0.25, -0.2) is 0 Å². The molecule has 0 aliphatic carbocycles. The van der Waals surface area contributed by atoms with Crippen LogP contribution in [0.4, 0.5) is 11.6 Å². The van der Waals surface area contributed by atoms with Gasteiger partial charge in [-0.1, -0.05) is 13.8 Å². The van der Waals surface area contributed by atoms with Crippen LogP contribution in [0.2, 0.25) is 0 Å². The zero-order chi connectivity index (χ0) is 14.6. The molecule has 0 fully saturated rings. The van der Waals surface area contributed by atoms with E-state index in [-0.39, 0.29) is 11.9 Å². The van der Waals surface area contributed by atoms with Gasteiger partial charge in [-0.2, -0.15) is 0 Å². The van der Waals surface area contributed by atoms with Crippen LogP contribution in [0.5, 0.6) is 0 Å². The van der Waals surface area contributed by atoms with E-state index in [0.29, 0.717) is 11.7 Å². The molecular formula is C12H23N5O2. The molecule has 1 aromatic heterocycles. The van der Waals surface area contributed by atoms with Gasteiger partial charge in [-0.15, -0.1) is 0 Å². The van der Waals surface area contributed by atoms with Crippen LogP contribution < -0.4 is 5.32 Å². The van der Waals surface area contributed by atoms with Crippen LogP contribution in [0.1, 0.15) is 20.3 Å². The Morgan fingerprint density at radius 2 is 2.16 bits per heavy atom. The molecule has 0 saturated heterocycles. The summed E-state index contributed by atoms with van der Waals surface area (Å²) in [4.78, 5) is 16.4. The van der Waals surface area contributed by atoms with E-state index in [1.54, 1.807) is 11.6 Å². The van der Waals surface area contributed by atoms with E-state index in [9.17, 15) is 10.1 Å². The predicted molar refractivity (Wildman–Crippen MR) is 75.3 cm³/mol. The average Bonchev–Trinajstić information content (AvgIpc) is 2.58. The number of imidazole rings is 1. The van der Waals surface area contributed by atoms with Gasteiger partial charge in [0.05, 0.1) is 0 Å². The van der Waals surface area contributed by atoms with Gasteiger partial charge in [0.1, 0.15) is 0 Å². The molecular weight excluding hydrogens is 246 g/mol. The molecule has 108 valence electrons. The van der Waals surface area contributed by atoms with Crippen LogP contribution in [-0.2, 0) is 7.05 Å². The van der Waals surface area contributed by atoms with Crippen LogP contribution in [0.15, 0.2) is 6.33 Å². The minimum Gasteiger partial charge on any atom is -0.360 e. The minimum atomic E-state index is -0.454. The normalized spacial score (nSPS) is 13.0. The van der Waals surface area contributed by atoms with Crippen LogP contribution in [0.25, 0.3) is 0 Å². The summed E-state index contributed by atoms with van der Waals surface area (Å²) in [6, 6.07) is 0.157. The van der Waals surface area contributed by atoms with E-state index in [2.05, 4.69) is 29.0 Å². The maximum atomic E-state index is 10.9. The highest BCUT2D eigenvalue weighted by Gasteiger charge is 2.23. The molecule has 0 bridgehead atoms. The van der Waals surface area contributed by atoms with E-state index >= 15 is 0 Å². The summed E-state index contributed by atoms with van der Waals surface area (Å²) in [7, 11) is 5.74. The molecule has 1 atom stereocenters. The largest absolute Gasteiger partial charge is 0.406 e. The third-order valence-electron chi connectivity index (χ3n) is 2.77. The first-order valence-electron chi connectivity index (χ1n) is 6.38. The van der Waals surface area contributed by atoms with Crippen molar-refractivity contribution < 1.29 is 4.92 Å². The summed E-state index contributed by atoms with van der Waals surface area (Å²) in [6.45, 7) is 5.10. The molecule has 0 saturated carbocycles. The molecule has 1 heterocycles. The highest BCUT2D eigenvalue weighted by molar-refractivity contribution is 5.52. The molecule has 1 N–H and O–H groups in total. The van der Waals surface area contributed by atoms with Crippen LogP contribution >= 0.6 is 0 Å². The summed E-state index contributed by atoms with van der Waals surface area (Å²) in [6.07, 6.45) is 2.41. The summed E-state index contributed by atoms with van der Waals surface area (Å²) in [5, 5.41) is 14.2. The Hall–Kier alpha value is -1.63. The standard InChI is InChI=1S/C12H23N5O2/c1-9(2)6-10(7-15(3)4)14-12-11(17(18)19)13-8-16(12)5/h8-10,14H,6-7H2,1-5H3.